The van der Waals surface area contributed by atoms with Gasteiger partial charge < -0.3 is 25.0 Å². The number of carbonyl (C=O) groups excluding carboxylic acids is 2. The molecule has 1 amide bonds. The lowest BCUT2D eigenvalue weighted by Crippen LogP contribution is -2.44. The van der Waals surface area contributed by atoms with Gasteiger partial charge in [0.1, 0.15) is 24.1 Å². The highest BCUT2D eigenvalue weighted by Crippen LogP contribution is 2.41. The van der Waals surface area contributed by atoms with Crippen LogP contribution in [0, 0.1) is 0 Å². The Bertz CT molecular complexity index is 1200. The summed E-state index contributed by atoms with van der Waals surface area (Å²) in [7, 11) is 1.50. The topological polar surface area (TPSA) is 148 Å². The van der Waals surface area contributed by atoms with Crippen LogP contribution in [0.1, 0.15) is 23.0 Å². The van der Waals surface area contributed by atoms with Crippen molar-refractivity contribution in [1.82, 2.24) is 14.6 Å². The number of hydrogen-bond acceptors (Lipinski definition) is 9. The Balaban J connectivity index is 1.76. The minimum absolute atomic E-state index is 0.247. The maximum atomic E-state index is 12.6. The number of rotatable bonds is 6. The molecule has 11 heteroatoms. The van der Waals surface area contributed by atoms with Crippen LogP contribution in [0.25, 0.3) is 5.52 Å². The minimum atomic E-state index is -1.58. The molecule has 1 aliphatic heterocycles. The van der Waals surface area contributed by atoms with Gasteiger partial charge in [0.15, 0.2) is 17.5 Å². The highest BCUT2D eigenvalue weighted by Gasteiger charge is 2.57. The lowest BCUT2D eigenvalue weighted by atomic mass is 9.92. The van der Waals surface area contributed by atoms with Crippen LogP contribution in [0.15, 0.2) is 53.8 Å². The summed E-state index contributed by atoms with van der Waals surface area (Å²) in [4.78, 5) is 32.4. The first-order valence-corrected chi connectivity index (χ1v) is 10.2. The molecule has 1 aliphatic rings. The van der Waals surface area contributed by atoms with E-state index in [4.69, 9.17) is 9.47 Å². The highest BCUT2D eigenvalue weighted by molar-refractivity contribution is 6.05. The SMILES string of the molecule is CN=C[C@@]1(c2ccc3c(NC(=O)c4ccccc4)ncnn23)O[C@H](CO)[C@@H](OC(C)=O)[C@H]1O. The summed E-state index contributed by atoms with van der Waals surface area (Å²) in [6, 6.07) is 12.0. The van der Waals surface area contributed by atoms with Crippen LogP contribution in [0.2, 0.25) is 0 Å². The molecular weight excluding hydrogens is 430 g/mol. The summed E-state index contributed by atoms with van der Waals surface area (Å²) < 4.78 is 12.7. The fourth-order valence-corrected chi connectivity index (χ4v) is 3.98. The Labute approximate surface area is 188 Å². The molecule has 3 N–H and O–H groups in total. The predicted octanol–water partition coefficient (Wildman–Crippen LogP) is 0.561. The number of aromatic nitrogens is 3. The second kappa shape index (κ2) is 9.06. The summed E-state index contributed by atoms with van der Waals surface area (Å²) >= 11 is 0. The van der Waals surface area contributed by atoms with Gasteiger partial charge in [0.05, 0.1) is 12.3 Å². The normalized spacial score (nSPS) is 24.9. The van der Waals surface area contributed by atoms with E-state index in [9.17, 15) is 19.8 Å². The van der Waals surface area contributed by atoms with Crippen LogP contribution in [-0.4, -0.2) is 74.9 Å². The Morgan fingerprint density at radius 3 is 2.73 bits per heavy atom. The zero-order valence-electron chi connectivity index (χ0n) is 18.0. The Kier molecular flexibility index (Phi) is 6.18. The number of esters is 1. The molecule has 33 heavy (non-hydrogen) atoms. The first-order chi connectivity index (χ1) is 15.9. The van der Waals surface area contributed by atoms with E-state index in [2.05, 4.69) is 20.4 Å². The molecule has 4 rings (SSSR count). The van der Waals surface area contributed by atoms with Crippen molar-refractivity contribution in [3.05, 3.63) is 60.0 Å². The zero-order valence-corrected chi connectivity index (χ0v) is 18.0. The fraction of sp³-hybridized carbons (Fsp3) is 0.318. The van der Waals surface area contributed by atoms with Crippen LogP contribution in [0.4, 0.5) is 5.82 Å². The molecule has 0 aliphatic carbocycles. The van der Waals surface area contributed by atoms with E-state index in [0.717, 1.165) is 0 Å². The third kappa shape index (κ3) is 3.97. The van der Waals surface area contributed by atoms with Crippen molar-refractivity contribution in [3.63, 3.8) is 0 Å². The van der Waals surface area contributed by atoms with Gasteiger partial charge in [-0.15, -0.1) is 0 Å². The number of benzene rings is 1. The minimum Gasteiger partial charge on any atom is -0.457 e. The van der Waals surface area contributed by atoms with E-state index in [1.165, 1.54) is 31.0 Å². The van der Waals surface area contributed by atoms with E-state index in [1.807, 2.05) is 6.07 Å². The van der Waals surface area contributed by atoms with E-state index in [-0.39, 0.29) is 11.7 Å². The maximum absolute atomic E-state index is 12.6. The number of aliphatic hydroxyl groups is 2. The molecule has 1 saturated heterocycles. The molecule has 1 fully saturated rings. The van der Waals surface area contributed by atoms with E-state index in [0.29, 0.717) is 16.8 Å². The second-order valence-corrected chi connectivity index (χ2v) is 7.48. The zero-order chi connectivity index (χ0) is 23.6. The van der Waals surface area contributed by atoms with Crippen LogP contribution in [-0.2, 0) is 19.9 Å². The van der Waals surface area contributed by atoms with Gasteiger partial charge in [-0.1, -0.05) is 18.2 Å². The van der Waals surface area contributed by atoms with Crippen molar-refractivity contribution in [2.24, 2.45) is 4.99 Å². The van der Waals surface area contributed by atoms with Gasteiger partial charge in [0.25, 0.3) is 5.91 Å². The number of amides is 1. The molecule has 172 valence electrons. The number of carbonyl (C=O) groups is 2. The van der Waals surface area contributed by atoms with Crippen molar-refractivity contribution in [1.29, 1.82) is 0 Å². The van der Waals surface area contributed by atoms with Gasteiger partial charge in [-0.3, -0.25) is 14.6 Å². The average Bonchev–Trinajstić information content (AvgIpc) is 3.36. The number of anilines is 1. The molecule has 3 aromatic rings. The average molecular weight is 453 g/mol. The summed E-state index contributed by atoms with van der Waals surface area (Å²) in [6.45, 7) is 0.710. The van der Waals surface area contributed by atoms with Gasteiger partial charge in [-0.2, -0.15) is 5.10 Å². The van der Waals surface area contributed by atoms with Gasteiger partial charge >= 0.3 is 5.97 Å². The molecular formula is C22H23N5O6. The summed E-state index contributed by atoms with van der Waals surface area (Å²) in [5.41, 5.74) is -0.335. The number of hydrogen-bond donors (Lipinski definition) is 3. The van der Waals surface area contributed by atoms with Crippen molar-refractivity contribution in [2.75, 3.05) is 19.0 Å². The molecule has 3 heterocycles. The Morgan fingerprint density at radius 2 is 2.06 bits per heavy atom. The molecule has 1 aromatic carbocycles. The van der Waals surface area contributed by atoms with Gasteiger partial charge in [-0.25, -0.2) is 9.50 Å². The first kappa shape index (κ1) is 22.5. The molecule has 2 aromatic heterocycles. The molecule has 0 radical (unpaired) electrons. The summed E-state index contributed by atoms with van der Waals surface area (Å²) in [5.74, 6) is -0.730. The molecule has 0 bridgehead atoms. The van der Waals surface area contributed by atoms with E-state index >= 15 is 0 Å². The number of aliphatic hydroxyl groups excluding tert-OH is 2. The van der Waals surface area contributed by atoms with Gasteiger partial charge in [0, 0.05) is 25.7 Å². The second-order valence-electron chi connectivity index (χ2n) is 7.48. The van der Waals surface area contributed by atoms with E-state index < -0.39 is 36.5 Å². The van der Waals surface area contributed by atoms with Crippen LogP contribution in [0.5, 0.6) is 0 Å². The van der Waals surface area contributed by atoms with Crippen molar-refractivity contribution in [2.45, 2.75) is 30.8 Å². The van der Waals surface area contributed by atoms with Crippen LogP contribution < -0.4 is 5.32 Å². The number of aliphatic imine (C=N–C) groups is 1. The van der Waals surface area contributed by atoms with Crippen molar-refractivity contribution in [3.8, 4) is 0 Å². The molecule has 0 saturated carbocycles. The van der Waals surface area contributed by atoms with Crippen LogP contribution in [0.3, 0.4) is 0 Å². The number of ether oxygens (including phenoxy) is 2. The largest absolute Gasteiger partial charge is 0.457 e. The maximum Gasteiger partial charge on any atom is 0.303 e. The van der Waals surface area contributed by atoms with Gasteiger partial charge in [-0.05, 0) is 24.3 Å². The lowest BCUT2D eigenvalue weighted by Gasteiger charge is -2.28. The van der Waals surface area contributed by atoms with Crippen LogP contribution >= 0.6 is 0 Å². The van der Waals surface area contributed by atoms with Crippen molar-refractivity contribution >= 4 is 29.4 Å². The smallest absolute Gasteiger partial charge is 0.303 e. The Hall–Kier alpha value is -3.67. The molecule has 4 atom stereocenters. The quantitative estimate of drug-likeness (QED) is 0.362. The predicted molar refractivity (Wildman–Crippen MR) is 117 cm³/mol. The summed E-state index contributed by atoms with van der Waals surface area (Å²) in [6.07, 6.45) is -0.891. The molecule has 0 unspecified atom stereocenters. The number of nitrogens with zero attached hydrogens (tertiary/aromatic N) is 4. The monoisotopic (exact) mass is 453 g/mol. The Morgan fingerprint density at radius 1 is 1.30 bits per heavy atom. The first-order valence-electron chi connectivity index (χ1n) is 10.2. The fourth-order valence-electron chi connectivity index (χ4n) is 3.98. The number of nitrogens with one attached hydrogen (secondary N) is 1. The standard InChI is InChI=1S/C22H23N5O6/c1-13(29)32-18-16(10-28)33-22(11-23-2,19(18)30)17-9-8-15-20(24-12-25-27(15)17)26-21(31)14-6-4-3-5-7-14/h3-9,11-12,16,18-19,28,30H,10H2,1-2H3,(H,24,25,26,31)/t16-,18-,19-,22+/m1/s1. The van der Waals surface area contributed by atoms with Crippen molar-refractivity contribution < 1.29 is 29.3 Å². The highest BCUT2D eigenvalue weighted by atomic mass is 16.6. The van der Waals surface area contributed by atoms with E-state index in [1.54, 1.807) is 36.4 Å². The molecule has 11 nitrogen and oxygen atoms in total. The lowest BCUT2D eigenvalue weighted by molar-refractivity contribution is -0.153. The third-order valence-electron chi connectivity index (χ3n) is 5.39. The van der Waals surface area contributed by atoms with Gasteiger partial charge in [0.2, 0.25) is 0 Å². The third-order valence-corrected chi connectivity index (χ3v) is 5.39. The number of fused-ring (bicyclic) bond motifs is 1. The summed E-state index contributed by atoms with van der Waals surface area (Å²) in [5, 5.41) is 27.9. The molecule has 0 spiro atoms.